The molecule has 0 spiro atoms. The fourth-order valence-corrected chi connectivity index (χ4v) is 3.12. The molecule has 1 aromatic carbocycles. The highest BCUT2D eigenvalue weighted by molar-refractivity contribution is 5.93. The molecule has 3 rings (SSSR count). The molecule has 0 radical (unpaired) electrons. The number of benzene rings is 1. The van der Waals surface area contributed by atoms with E-state index in [0.717, 1.165) is 17.8 Å². The first-order chi connectivity index (χ1) is 11.0. The fourth-order valence-electron chi connectivity index (χ4n) is 3.12. The van der Waals surface area contributed by atoms with Gasteiger partial charge in [0.15, 0.2) is 0 Å². The van der Waals surface area contributed by atoms with Crippen molar-refractivity contribution >= 4 is 24.0 Å². The van der Waals surface area contributed by atoms with Gasteiger partial charge in [-0.25, -0.2) is 0 Å². The van der Waals surface area contributed by atoms with Crippen LogP contribution in [0.3, 0.4) is 0 Å². The Hall–Kier alpha value is -1.85. The summed E-state index contributed by atoms with van der Waals surface area (Å²) in [7, 11) is 1.90. The maximum Gasteiger partial charge on any atom is 0.229 e. The number of aryl methyl sites for hydroxylation is 1. The van der Waals surface area contributed by atoms with Crippen LogP contribution in [0.15, 0.2) is 36.7 Å². The molecule has 24 heavy (non-hydrogen) atoms. The van der Waals surface area contributed by atoms with Crippen molar-refractivity contribution in [1.82, 2.24) is 15.1 Å². The minimum absolute atomic E-state index is 0. The highest BCUT2D eigenvalue weighted by Gasteiger charge is 2.34. The van der Waals surface area contributed by atoms with E-state index in [1.807, 2.05) is 31.6 Å². The molecule has 1 aromatic heterocycles. The first kappa shape index (κ1) is 18.5. The zero-order valence-corrected chi connectivity index (χ0v) is 15.1. The molecule has 2 atom stereocenters. The summed E-state index contributed by atoms with van der Waals surface area (Å²) < 4.78 is 1.78. The third-order valence-corrected chi connectivity index (χ3v) is 4.55. The van der Waals surface area contributed by atoms with E-state index in [0.29, 0.717) is 12.5 Å². The van der Waals surface area contributed by atoms with Crippen LogP contribution in [0.2, 0.25) is 0 Å². The number of rotatable bonds is 4. The predicted molar refractivity (Wildman–Crippen MR) is 98.7 cm³/mol. The van der Waals surface area contributed by atoms with Crippen molar-refractivity contribution in [3.63, 3.8) is 0 Å². The monoisotopic (exact) mass is 348 g/mol. The number of hydrogen-bond acceptors (Lipinski definition) is 3. The summed E-state index contributed by atoms with van der Waals surface area (Å²) in [4.78, 5) is 12.6. The number of anilines is 1. The number of nitrogens with one attached hydrogen (secondary N) is 2. The lowest BCUT2D eigenvalue weighted by molar-refractivity contribution is -0.119. The number of aromatic nitrogens is 2. The first-order valence-electron chi connectivity index (χ1n) is 8.14. The van der Waals surface area contributed by atoms with Gasteiger partial charge >= 0.3 is 0 Å². The first-order valence-corrected chi connectivity index (χ1v) is 8.14. The zero-order valence-electron chi connectivity index (χ0n) is 14.3. The van der Waals surface area contributed by atoms with E-state index in [1.54, 1.807) is 4.68 Å². The summed E-state index contributed by atoms with van der Waals surface area (Å²) in [5, 5.41) is 10.6. The summed E-state index contributed by atoms with van der Waals surface area (Å²) >= 11 is 0. The second-order valence-electron chi connectivity index (χ2n) is 6.58. The number of nitrogens with zero attached hydrogens (tertiary/aromatic N) is 2. The van der Waals surface area contributed by atoms with Gasteiger partial charge in [-0.05, 0) is 29.2 Å². The van der Waals surface area contributed by atoms with E-state index in [4.69, 9.17) is 0 Å². The van der Waals surface area contributed by atoms with Crippen molar-refractivity contribution in [1.29, 1.82) is 0 Å². The third-order valence-electron chi connectivity index (χ3n) is 4.55. The topological polar surface area (TPSA) is 59.0 Å². The van der Waals surface area contributed by atoms with Gasteiger partial charge in [-0.1, -0.05) is 26.0 Å². The highest BCUT2D eigenvalue weighted by atomic mass is 35.5. The smallest absolute Gasteiger partial charge is 0.229 e. The standard InChI is InChI=1S/C18H24N4O.ClH/c1-12(2)13-4-6-15(7-5-13)21-18(23)17-10-19-9-16(17)14-8-20-22(3)11-14;/h4-8,11-12,16-17,19H,9-10H2,1-3H3,(H,21,23);1H/t16-,17+;/m1./s1. The van der Waals surface area contributed by atoms with Crippen LogP contribution in [0.4, 0.5) is 5.69 Å². The van der Waals surface area contributed by atoms with Crippen LogP contribution in [0.1, 0.15) is 36.8 Å². The summed E-state index contributed by atoms with van der Waals surface area (Å²) in [6.45, 7) is 5.85. The molecule has 1 aliphatic heterocycles. The van der Waals surface area contributed by atoms with Crippen LogP contribution < -0.4 is 10.6 Å². The lowest BCUT2D eigenvalue weighted by atomic mass is 9.90. The van der Waals surface area contributed by atoms with Crippen LogP contribution in [0, 0.1) is 5.92 Å². The van der Waals surface area contributed by atoms with Crippen molar-refractivity contribution < 1.29 is 4.79 Å². The van der Waals surface area contributed by atoms with Gasteiger partial charge in [-0.15, -0.1) is 12.4 Å². The number of halogens is 1. The summed E-state index contributed by atoms with van der Waals surface area (Å²) in [5.74, 6) is 0.678. The Kier molecular flexibility index (Phi) is 6.02. The minimum Gasteiger partial charge on any atom is -0.326 e. The van der Waals surface area contributed by atoms with Gasteiger partial charge < -0.3 is 10.6 Å². The molecule has 6 heteroatoms. The van der Waals surface area contributed by atoms with Crippen LogP contribution in [-0.2, 0) is 11.8 Å². The Morgan fingerprint density at radius 3 is 2.58 bits per heavy atom. The van der Waals surface area contributed by atoms with Gasteiger partial charge in [0.25, 0.3) is 0 Å². The number of amides is 1. The molecule has 1 aliphatic rings. The quantitative estimate of drug-likeness (QED) is 0.893. The van der Waals surface area contributed by atoms with Crippen molar-refractivity contribution in [2.24, 2.45) is 13.0 Å². The van der Waals surface area contributed by atoms with Crippen molar-refractivity contribution in [3.8, 4) is 0 Å². The molecule has 0 bridgehead atoms. The van der Waals surface area contributed by atoms with E-state index < -0.39 is 0 Å². The fraction of sp³-hybridized carbons (Fsp3) is 0.444. The normalized spacial score (nSPS) is 20.0. The molecule has 1 saturated heterocycles. The average Bonchev–Trinajstić information content (AvgIpc) is 3.16. The van der Waals surface area contributed by atoms with Gasteiger partial charge in [-0.3, -0.25) is 9.48 Å². The maximum atomic E-state index is 12.6. The molecular weight excluding hydrogens is 324 g/mol. The van der Waals surface area contributed by atoms with Crippen molar-refractivity contribution in [3.05, 3.63) is 47.8 Å². The molecule has 0 aliphatic carbocycles. The number of carbonyl (C=O) groups is 1. The van der Waals surface area contributed by atoms with Crippen LogP contribution in [0.5, 0.6) is 0 Å². The minimum atomic E-state index is -0.0658. The van der Waals surface area contributed by atoms with Gasteiger partial charge in [-0.2, -0.15) is 5.10 Å². The van der Waals surface area contributed by atoms with Crippen molar-refractivity contribution in [2.75, 3.05) is 18.4 Å². The third kappa shape index (κ3) is 3.97. The molecule has 1 amide bonds. The Morgan fingerprint density at radius 1 is 1.29 bits per heavy atom. The van der Waals surface area contributed by atoms with E-state index in [2.05, 4.69) is 41.7 Å². The van der Waals surface area contributed by atoms with Gasteiger partial charge in [0.05, 0.1) is 12.1 Å². The predicted octanol–water partition coefficient (Wildman–Crippen LogP) is 2.91. The van der Waals surface area contributed by atoms with E-state index in [1.165, 1.54) is 5.56 Å². The highest BCUT2D eigenvalue weighted by Crippen LogP contribution is 2.29. The summed E-state index contributed by atoms with van der Waals surface area (Å²) in [6.07, 6.45) is 3.85. The number of carbonyl (C=O) groups excluding carboxylic acids is 1. The molecule has 130 valence electrons. The average molecular weight is 349 g/mol. The SMILES string of the molecule is CC(C)c1ccc(NC(=O)[C@H]2CNC[C@@H]2c2cnn(C)c2)cc1.Cl. The van der Waals surface area contributed by atoms with Crippen LogP contribution in [-0.4, -0.2) is 28.8 Å². The summed E-state index contributed by atoms with van der Waals surface area (Å²) in [6, 6.07) is 8.11. The molecule has 2 aromatic rings. The Balaban J connectivity index is 0.00000208. The van der Waals surface area contributed by atoms with Crippen LogP contribution in [0.25, 0.3) is 0 Å². The zero-order chi connectivity index (χ0) is 16.4. The van der Waals surface area contributed by atoms with E-state index in [-0.39, 0.29) is 30.2 Å². The van der Waals surface area contributed by atoms with Crippen molar-refractivity contribution in [2.45, 2.75) is 25.7 Å². The van der Waals surface area contributed by atoms with Gasteiger partial charge in [0.2, 0.25) is 5.91 Å². The lowest BCUT2D eigenvalue weighted by Crippen LogP contribution is -2.28. The molecule has 5 nitrogen and oxygen atoms in total. The van der Waals surface area contributed by atoms with Gasteiger partial charge in [0, 0.05) is 37.9 Å². The number of hydrogen-bond donors (Lipinski definition) is 2. The molecule has 0 saturated carbocycles. The Bertz CT molecular complexity index is 681. The van der Waals surface area contributed by atoms with Crippen LogP contribution >= 0.6 is 12.4 Å². The molecule has 2 heterocycles. The molecular formula is C18H25ClN4O. The van der Waals surface area contributed by atoms with Gasteiger partial charge in [0.1, 0.15) is 0 Å². The Labute approximate surface area is 149 Å². The second kappa shape index (κ2) is 7.81. The molecule has 0 unspecified atom stereocenters. The molecule has 2 N–H and O–H groups in total. The molecule has 1 fully saturated rings. The van der Waals surface area contributed by atoms with E-state index in [9.17, 15) is 4.79 Å². The maximum absolute atomic E-state index is 12.6. The largest absolute Gasteiger partial charge is 0.326 e. The van der Waals surface area contributed by atoms with E-state index >= 15 is 0 Å². The summed E-state index contributed by atoms with van der Waals surface area (Å²) in [5.41, 5.74) is 3.25. The second-order valence-corrected chi connectivity index (χ2v) is 6.58. The lowest BCUT2D eigenvalue weighted by Gasteiger charge is -2.17. The Morgan fingerprint density at radius 2 is 2.00 bits per heavy atom.